The molecule has 0 aromatic heterocycles. The van der Waals surface area contributed by atoms with E-state index in [1.165, 1.54) is 0 Å². The molecule has 1 aromatic carbocycles. The van der Waals surface area contributed by atoms with E-state index in [2.05, 4.69) is 0 Å². The average molecular weight is 195 g/mol. The zero-order chi connectivity index (χ0) is 9.26. The van der Waals surface area contributed by atoms with E-state index in [0.29, 0.717) is 18.1 Å². The molecule has 0 saturated heterocycles. The van der Waals surface area contributed by atoms with Gasteiger partial charge in [0.2, 0.25) is 0 Å². The molecule has 1 fully saturated rings. The predicted octanol–water partition coefficient (Wildman–Crippen LogP) is 3.18. The number of carbonyl (C=O) groups excluding carboxylic acids is 1. The fraction of sp³-hybridized carbons (Fsp3) is 0.364. The Morgan fingerprint density at radius 1 is 1.31 bits per heavy atom. The van der Waals surface area contributed by atoms with E-state index in [-0.39, 0.29) is 0 Å². The Morgan fingerprint density at radius 2 is 2.08 bits per heavy atom. The molecule has 0 bridgehead atoms. The second-order valence-electron chi connectivity index (χ2n) is 3.50. The molecule has 1 aliphatic carbocycles. The van der Waals surface area contributed by atoms with E-state index in [1.54, 1.807) is 0 Å². The maximum Gasteiger partial charge on any atom is 0.133 e. The fourth-order valence-electron chi connectivity index (χ4n) is 1.89. The van der Waals surface area contributed by atoms with Gasteiger partial charge in [-0.15, -0.1) is 0 Å². The van der Waals surface area contributed by atoms with Gasteiger partial charge in [-0.1, -0.05) is 29.8 Å². The molecule has 0 heterocycles. The molecule has 2 heteroatoms. The van der Waals surface area contributed by atoms with Crippen LogP contribution in [0, 0.1) is 0 Å². The Kier molecular flexibility index (Phi) is 2.36. The topological polar surface area (TPSA) is 17.1 Å². The largest absolute Gasteiger partial charge is 0.300 e. The van der Waals surface area contributed by atoms with E-state index in [9.17, 15) is 4.79 Å². The van der Waals surface area contributed by atoms with Crippen molar-refractivity contribution in [2.24, 2.45) is 0 Å². The normalized spacial score (nSPS) is 22.2. The SMILES string of the molecule is O=C1CC[C@H](c2ccccc2Cl)C1. The van der Waals surface area contributed by atoms with Gasteiger partial charge in [-0.05, 0) is 24.0 Å². The number of hydrogen-bond donors (Lipinski definition) is 0. The van der Waals surface area contributed by atoms with Gasteiger partial charge in [-0.25, -0.2) is 0 Å². The Bertz CT molecular complexity index is 333. The lowest BCUT2D eigenvalue weighted by atomic mass is 9.98. The van der Waals surface area contributed by atoms with E-state index < -0.39 is 0 Å². The molecule has 1 atom stereocenters. The van der Waals surface area contributed by atoms with Gasteiger partial charge < -0.3 is 0 Å². The summed E-state index contributed by atoms with van der Waals surface area (Å²) in [5.74, 6) is 0.728. The first-order valence-corrected chi connectivity index (χ1v) is 4.91. The molecule has 68 valence electrons. The van der Waals surface area contributed by atoms with Crippen LogP contribution >= 0.6 is 11.6 Å². The second-order valence-corrected chi connectivity index (χ2v) is 3.91. The summed E-state index contributed by atoms with van der Waals surface area (Å²) in [7, 11) is 0. The highest BCUT2D eigenvalue weighted by Crippen LogP contribution is 2.35. The van der Waals surface area contributed by atoms with Crippen molar-refractivity contribution in [2.75, 3.05) is 0 Å². The van der Waals surface area contributed by atoms with Crippen LogP contribution in [0.2, 0.25) is 5.02 Å². The minimum absolute atomic E-state index is 0.362. The lowest BCUT2D eigenvalue weighted by molar-refractivity contribution is -0.117. The summed E-state index contributed by atoms with van der Waals surface area (Å²) in [4.78, 5) is 11.1. The lowest BCUT2D eigenvalue weighted by Crippen LogP contribution is -1.94. The van der Waals surface area contributed by atoms with Crippen LogP contribution in [0.5, 0.6) is 0 Å². The number of benzene rings is 1. The number of ketones is 1. The summed E-state index contributed by atoms with van der Waals surface area (Å²) >= 11 is 6.04. The van der Waals surface area contributed by atoms with Crippen LogP contribution in [0.25, 0.3) is 0 Å². The van der Waals surface area contributed by atoms with Gasteiger partial charge in [0.15, 0.2) is 0 Å². The molecule has 13 heavy (non-hydrogen) atoms. The molecule has 0 N–H and O–H groups in total. The van der Waals surface area contributed by atoms with Crippen LogP contribution in [0.3, 0.4) is 0 Å². The molecule has 1 aromatic rings. The molecule has 0 amide bonds. The van der Waals surface area contributed by atoms with Crippen LogP contribution in [-0.2, 0) is 4.79 Å². The van der Waals surface area contributed by atoms with Crippen LogP contribution in [0.15, 0.2) is 24.3 Å². The van der Waals surface area contributed by atoms with Gasteiger partial charge in [-0.3, -0.25) is 4.79 Å². The van der Waals surface area contributed by atoms with Crippen molar-refractivity contribution in [3.8, 4) is 0 Å². The standard InChI is InChI=1S/C11H11ClO/c12-11-4-2-1-3-10(11)8-5-6-9(13)7-8/h1-4,8H,5-7H2/t8-/m0/s1. The van der Waals surface area contributed by atoms with E-state index in [0.717, 1.165) is 23.4 Å². The molecule has 2 rings (SSSR count). The quantitative estimate of drug-likeness (QED) is 0.671. The summed E-state index contributed by atoms with van der Waals surface area (Å²) in [6, 6.07) is 7.80. The highest BCUT2D eigenvalue weighted by atomic mass is 35.5. The van der Waals surface area contributed by atoms with E-state index in [1.807, 2.05) is 24.3 Å². The number of rotatable bonds is 1. The predicted molar refractivity (Wildman–Crippen MR) is 53.1 cm³/mol. The van der Waals surface area contributed by atoms with E-state index >= 15 is 0 Å². The van der Waals surface area contributed by atoms with Crippen molar-refractivity contribution < 1.29 is 4.79 Å². The zero-order valence-corrected chi connectivity index (χ0v) is 8.05. The van der Waals surface area contributed by atoms with Crippen LogP contribution in [0.4, 0.5) is 0 Å². The molecule has 0 spiro atoms. The highest BCUT2D eigenvalue weighted by Gasteiger charge is 2.24. The van der Waals surface area contributed by atoms with Crippen LogP contribution in [0.1, 0.15) is 30.7 Å². The summed E-state index contributed by atoms with van der Waals surface area (Å²) in [5.41, 5.74) is 1.13. The minimum atomic E-state index is 0.362. The number of Topliss-reactive ketones (excluding diaryl/α,β-unsaturated/α-hetero) is 1. The number of halogens is 1. The first-order chi connectivity index (χ1) is 6.27. The van der Waals surface area contributed by atoms with Gasteiger partial charge >= 0.3 is 0 Å². The first-order valence-electron chi connectivity index (χ1n) is 4.53. The fourth-order valence-corrected chi connectivity index (χ4v) is 2.18. The molecular weight excluding hydrogens is 184 g/mol. The van der Waals surface area contributed by atoms with Gasteiger partial charge in [0.1, 0.15) is 5.78 Å². The lowest BCUT2D eigenvalue weighted by Gasteiger charge is -2.09. The molecule has 1 nitrogen and oxygen atoms in total. The monoisotopic (exact) mass is 194 g/mol. The Balaban J connectivity index is 2.26. The Morgan fingerprint density at radius 3 is 2.69 bits per heavy atom. The van der Waals surface area contributed by atoms with Gasteiger partial charge in [0.05, 0.1) is 0 Å². The molecule has 0 unspecified atom stereocenters. The summed E-state index contributed by atoms with van der Waals surface area (Å²) in [6.45, 7) is 0. The molecule has 0 aliphatic heterocycles. The highest BCUT2D eigenvalue weighted by molar-refractivity contribution is 6.31. The average Bonchev–Trinajstić information content (AvgIpc) is 2.53. The zero-order valence-electron chi connectivity index (χ0n) is 7.29. The molecule has 0 radical (unpaired) electrons. The van der Waals surface area contributed by atoms with Crippen molar-refractivity contribution >= 4 is 17.4 Å². The Labute approximate surface area is 82.7 Å². The van der Waals surface area contributed by atoms with Crippen molar-refractivity contribution in [2.45, 2.75) is 25.2 Å². The van der Waals surface area contributed by atoms with Crippen LogP contribution < -0.4 is 0 Å². The second kappa shape index (κ2) is 3.51. The third kappa shape index (κ3) is 1.75. The van der Waals surface area contributed by atoms with Gasteiger partial charge in [-0.2, -0.15) is 0 Å². The van der Waals surface area contributed by atoms with Gasteiger partial charge in [0.25, 0.3) is 0 Å². The molecule has 1 saturated carbocycles. The Hall–Kier alpha value is -0.820. The minimum Gasteiger partial charge on any atom is -0.300 e. The molecule has 1 aliphatic rings. The molecular formula is C11H11ClO. The van der Waals surface area contributed by atoms with E-state index in [4.69, 9.17) is 11.6 Å². The third-order valence-electron chi connectivity index (χ3n) is 2.59. The van der Waals surface area contributed by atoms with Gasteiger partial charge in [0, 0.05) is 17.9 Å². The smallest absolute Gasteiger partial charge is 0.133 e. The van der Waals surface area contributed by atoms with Crippen molar-refractivity contribution in [3.63, 3.8) is 0 Å². The van der Waals surface area contributed by atoms with Crippen LogP contribution in [-0.4, -0.2) is 5.78 Å². The summed E-state index contributed by atoms with van der Waals surface area (Å²) in [6.07, 6.45) is 2.35. The summed E-state index contributed by atoms with van der Waals surface area (Å²) < 4.78 is 0. The van der Waals surface area contributed by atoms with Crippen molar-refractivity contribution in [1.29, 1.82) is 0 Å². The van der Waals surface area contributed by atoms with Crippen molar-refractivity contribution in [1.82, 2.24) is 0 Å². The van der Waals surface area contributed by atoms with Crippen molar-refractivity contribution in [3.05, 3.63) is 34.9 Å². The summed E-state index contributed by atoms with van der Waals surface area (Å²) in [5, 5.41) is 0.794. The first kappa shape index (κ1) is 8.76. The maximum absolute atomic E-state index is 11.1. The third-order valence-corrected chi connectivity index (χ3v) is 2.93. The number of hydrogen-bond acceptors (Lipinski definition) is 1. The number of carbonyl (C=O) groups is 1. The maximum atomic E-state index is 11.1.